The summed E-state index contributed by atoms with van der Waals surface area (Å²) >= 11 is 0. The number of rotatable bonds is 11. The maximum atomic E-state index is 5.43. The average Bonchev–Trinajstić information content (AvgIpc) is 2.55. The number of nitrogens with zero attached hydrogens (tertiary/aromatic N) is 2. The lowest BCUT2D eigenvalue weighted by molar-refractivity contribution is 0.0702. The summed E-state index contributed by atoms with van der Waals surface area (Å²) in [4.78, 5) is 7.11. The number of hydrogen-bond acceptors (Lipinski definition) is 4. The van der Waals surface area contributed by atoms with Crippen LogP contribution >= 0.6 is 24.0 Å². The summed E-state index contributed by atoms with van der Waals surface area (Å²) in [5.41, 5.74) is 0. The Hall–Kier alpha value is -0.120. The van der Waals surface area contributed by atoms with E-state index >= 15 is 0 Å². The number of guanidine groups is 1. The third kappa shape index (κ3) is 12.9. The molecular formula is C16H35IN4O2. The van der Waals surface area contributed by atoms with E-state index in [1.165, 1.54) is 32.4 Å². The van der Waals surface area contributed by atoms with Gasteiger partial charge in [0.2, 0.25) is 0 Å². The van der Waals surface area contributed by atoms with Gasteiger partial charge in [-0.2, -0.15) is 0 Å². The Morgan fingerprint density at radius 3 is 2.57 bits per heavy atom. The summed E-state index contributed by atoms with van der Waals surface area (Å²) in [5, 5.41) is 6.71. The number of methoxy groups -OCH3 is 1. The lowest BCUT2D eigenvalue weighted by Gasteiger charge is -2.26. The molecule has 1 fully saturated rings. The standard InChI is InChI=1S/C16H34N4O2.HI/c1-3-17-16(18-8-7-13-22-15-14-21-2)19-9-12-20-10-5-4-6-11-20;/h3-15H2,1-2H3,(H2,17,18,19);1H. The first-order valence-corrected chi connectivity index (χ1v) is 8.68. The molecule has 0 saturated carbocycles. The van der Waals surface area contributed by atoms with Gasteiger partial charge in [0.05, 0.1) is 13.2 Å². The second kappa shape index (κ2) is 16.7. The third-order valence-corrected chi connectivity index (χ3v) is 3.66. The lowest BCUT2D eigenvalue weighted by atomic mass is 10.1. The van der Waals surface area contributed by atoms with Gasteiger partial charge in [0.1, 0.15) is 0 Å². The van der Waals surface area contributed by atoms with Crippen LogP contribution in [0, 0.1) is 0 Å². The first-order valence-electron chi connectivity index (χ1n) is 8.68. The average molecular weight is 442 g/mol. The predicted octanol–water partition coefficient (Wildman–Crippen LogP) is 1.70. The quantitative estimate of drug-likeness (QED) is 0.221. The minimum Gasteiger partial charge on any atom is -0.382 e. The van der Waals surface area contributed by atoms with E-state index in [9.17, 15) is 0 Å². The predicted molar refractivity (Wildman–Crippen MR) is 107 cm³/mol. The molecule has 0 atom stereocenters. The molecular weight excluding hydrogens is 407 g/mol. The molecule has 23 heavy (non-hydrogen) atoms. The Morgan fingerprint density at radius 2 is 1.87 bits per heavy atom. The molecule has 1 aliphatic heterocycles. The van der Waals surface area contributed by atoms with Crippen molar-refractivity contribution in [2.75, 3.05) is 66.2 Å². The summed E-state index contributed by atoms with van der Waals surface area (Å²) < 4.78 is 10.4. The maximum absolute atomic E-state index is 5.43. The van der Waals surface area contributed by atoms with Crippen molar-refractivity contribution in [2.24, 2.45) is 4.99 Å². The van der Waals surface area contributed by atoms with Crippen LogP contribution in [0.5, 0.6) is 0 Å². The van der Waals surface area contributed by atoms with Crippen LogP contribution in [-0.2, 0) is 9.47 Å². The topological polar surface area (TPSA) is 58.1 Å². The zero-order valence-corrected chi connectivity index (χ0v) is 17.1. The molecule has 1 rings (SSSR count). The van der Waals surface area contributed by atoms with Crippen LogP contribution in [-0.4, -0.2) is 77.1 Å². The summed E-state index contributed by atoms with van der Waals surface area (Å²) in [5.74, 6) is 0.913. The molecule has 1 heterocycles. The van der Waals surface area contributed by atoms with Crippen LogP contribution in [0.1, 0.15) is 32.6 Å². The van der Waals surface area contributed by atoms with Gasteiger partial charge in [-0.3, -0.25) is 4.99 Å². The Morgan fingerprint density at radius 1 is 1.09 bits per heavy atom. The van der Waals surface area contributed by atoms with Gasteiger partial charge in [-0.25, -0.2) is 0 Å². The van der Waals surface area contributed by atoms with Crippen molar-refractivity contribution >= 4 is 29.9 Å². The second-order valence-corrected chi connectivity index (χ2v) is 5.55. The van der Waals surface area contributed by atoms with Gasteiger partial charge >= 0.3 is 0 Å². The molecule has 2 N–H and O–H groups in total. The number of ether oxygens (including phenoxy) is 2. The van der Waals surface area contributed by atoms with Gasteiger partial charge in [-0.05, 0) is 39.3 Å². The summed E-state index contributed by atoms with van der Waals surface area (Å²) in [6, 6.07) is 0. The van der Waals surface area contributed by atoms with E-state index in [2.05, 4.69) is 27.4 Å². The number of piperidine rings is 1. The summed E-state index contributed by atoms with van der Waals surface area (Å²) in [6.45, 7) is 10.4. The maximum Gasteiger partial charge on any atom is 0.191 e. The monoisotopic (exact) mass is 442 g/mol. The minimum atomic E-state index is 0. The SMILES string of the molecule is CCNC(=NCCCOCCOC)NCCN1CCCCC1.I. The molecule has 0 spiro atoms. The highest BCUT2D eigenvalue weighted by Gasteiger charge is 2.09. The third-order valence-electron chi connectivity index (χ3n) is 3.66. The van der Waals surface area contributed by atoms with E-state index < -0.39 is 0 Å². The van der Waals surface area contributed by atoms with Crippen LogP contribution in [0.15, 0.2) is 4.99 Å². The number of halogens is 1. The van der Waals surface area contributed by atoms with Crippen molar-refractivity contribution in [3.8, 4) is 0 Å². The van der Waals surface area contributed by atoms with E-state index in [0.717, 1.165) is 45.2 Å². The Balaban J connectivity index is 0.00000484. The molecule has 6 nitrogen and oxygen atoms in total. The highest BCUT2D eigenvalue weighted by molar-refractivity contribution is 14.0. The van der Waals surface area contributed by atoms with E-state index in [-0.39, 0.29) is 24.0 Å². The molecule has 0 aromatic rings. The van der Waals surface area contributed by atoms with Gasteiger partial charge in [0, 0.05) is 39.9 Å². The van der Waals surface area contributed by atoms with E-state index in [4.69, 9.17) is 9.47 Å². The van der Waals surface area contributed by atoms with Crippen LogP contribution < -0.4 is 10.6 Å². The number of likely N-dealkylation sites (tertiary alicyclic amines) is 1. The van der Waals surface area contributed by atoms with Crippen LogP contribution in [0.4, 0.5) is 0 Å². The van der Waals surface area contributed by atoms with Gasteiger partial charge < -0.3 is 25.0 Å². The lowest BCUT2D eigenvalue weighted by Crippen LogP contribution is -2.42. The van der Waals surface area contributed by atoms with Crippen molar-refractivity contribution in [1.82, 2.24) is 15.5 Å². The molecule has 0 aliphatic carbocycles. The minimum absolute atomic E-state index is 0. The Bertz CT molecular complexity index is 287. The van der Waals surface area contributed by atoms with E-state index in [0.29, 0.717) is 13.2 Å². The summed E-state index contributed by atoms with van der Waals surface area (Å²) in [6.07, 6.45) is 5.02. The number of aliphatic imine (C=N–C) groups is 1. The molecule has 0 aromatic heterocycles. The molecule has 7 heteroatoms. The normalized spacial score (nSPS) is 16.0. The van der Waals surface area contributed by atoms with E-state index in [1.807, 2.05) is 0 Å². The Labute approximate surface area is 158 Å². The molecule has 0 bridgehead atoms. The number of hydrogen-bond donors (Lipinski definition) is 2. The van der Waals surface area contributed by atoms with Crippen molar-refractivity contribution in [3.05, 3.63) is 0 Å². The molecule has 0 radical (unpaired) electrons. The van der Waals surface area contributed by atoms with Crippen LogP contribution in [0.3, 0.4) is 0 Å². The van der Waals surface area contributed by atoms with Crippen molar-refractivity contribution in [1.29, 1.82) is 0 Å². The Kier molecular flexibility index (Phi) is 16.6. The van der Waals surface area contributed by atoms with Gasteiger partial charge in [-0.15, -0.1) is 24.0 Å². The zero-order chi connectivity index (χ0) is 15.9. The molecule has 1 saturated heterocycles. The molecule has 0 unspecified atom stereocenters. The van der Waals surface area contributed by atoms with Gasteiger partial charge in [0.15, 0.2) is 5.96 Å². The first kappa shape index (κ1) is 22.9. The van der Waals surface area contributed by atoms with Crippen LogP contribution in [0.25, 0.3) is 0 Å². The molecule has 138 valence electrons. The van der Waals surface area contributed by atoms with Gasteiger partial charge in [0.25, 0.3) is 0 Å². The van der Waals surface area contributed by atoms with Gasteiger partial charge in [-0.1, -0.05) is 6.42 Å². The van der Waals surface area contributed by atoms with E-state index in [1.54, 1.807) is 7.11 Å². The highest BCUT2D eigenvalue weighted by Crippen LogP contribution is 2.07. The largest absolute Gasteiger partial charge is 0.382 e. The second-order valence-electron chi connectivity index (χ2n) is 5.55. The fourth-order valence-electron chi connectivity index (χ4n) is 2.46. The van der Waals surface area contributed by atoms with Crippen molar-refractivity contribution in [3.63, 3.8) is 0 Å². The fraction of sp³-hybridized carbons (Fsp3) is 0.938. The van der Waals surface area contributed by atoms with Crippen LogP contribution in [0.2, 0.25) is 0 Å². The molecule has 1 aliphatic rings. The highest BCUT2D eigenvalue weighted by atomic mass is 127. The molecule has 0 amide bonds. The fourth-order valence-corrected chi connectivity index (χ4v) is 2.46. The molecule has 0 aromatic carbocycles. The smallest absolute Gasteiger partial charge is 0.191 e. The summed E-state index contributed by atoms with van der Waals surface area (Å²) in [7, 11) is 1.69. The zero-order valence-electron chi connectivity index (χ0n) is 14.8. The first-order chi connectivity index (χ1) is 10.9. The van der Waals surface area contributed by atoms with Crippen molar-refractivity contribution < 1.29 is 9.47 Å². The number of nitrogens with one attached hydrogen (secondary N) is 2. The van der Waals surface area contributed by atoms with Crippen molar-refractivity contribution in [2.45, 2.75) is 32.6 Å².